The second-order valence-corrected chi connectivity index (χ2v) is 16.9. The highest BCUT2D eigenvalue weighted by Crippen LogP contribution is 2.36. The molecule has 0 spiro atoms. The van der Waals surface area contributed by atoms with Crippen LogP contribution in [0, 0.1) is 3.57 Å². The second kappa shape index (κ2) is 20.7. The van der Waals surface area contributed by atoms with Crippen molar-refractivity contribution in [3.05, 3.63) is 169 Å². The fraction of sp³-hybridized carbons (Fsp3) is 0.298. The molecule has 3 aliphatic heterocycles. The first-order valence-corrected chi connectivity index (χ1v) is 21.7. The van der Waals surface area contributed by atoms with Crippen LogP contribution in [0.2, 0.25) is 5.02 Å². The number of carbonyl (C=O) groups excluding carboxylic acids is 3. The SMILES string of the molecule is O=C(Nc1cc(CO[C@@H]2O[C@H](COC(=O)c3cccc(I)c3)[C@@H](O[C@H]3O[C@@H]4COC(c5ccccc5)O[C@H]4[C@H](O)[C@H]3O)[C@H](O)[C@H]2O)ccc1Cl)c1ccc(C(=O)c2ccccc2)cc1. The van der Waals surface area contributed by atoms with Crippen molar-refractivity contribution in [1.29, 1.82) is 0 Å². The summed E-state index contributed by atoms with van der Waals surface area (Å²) >= 11 is 8.52. The van der Waals surface area contributed by atoms with E-state index in [-0.39, 0.29) is 40.8 Å². The average Bonchev–Trinajstić information content (AvgIpc) is 3.32. The zero-order valence-electron chi connectivity index (χ0n) is 33.7. The molecule has 5 aromatic carbocycles. The van der Waals surface area contributed by atoms with Gasteiger partial charge in [0.15, 0.2) is 24.7 Å². The third-order valence-electron chi connectivity index (χ3n) is 10.9. The third kappa shape index (κ3) is 10.5. The summed E-state index contributed by atoms with van der Waals surface area (Å²) in [5, 5.41) is 48.3. The monoisotopic (exact) mass is 1010 g/mol. The van der Waals surface area contributed by atoms with Gasteiger partial charge in [0.25, 0.3) is 5.91 Å². The summed E-state index contributed by atoms with van der Waals surface area (Å²) in [6.45, 7) is -0.748. The quantitative estimate of drug-likeness (QED) is 0.0585. The van der Waals surface area contributed by atoms with Gasteiger partial charge in [-0.2, -0.15) is 0 Å². The number of benzene rings is 5. The van der Waals surface area contributed by atoms with Gasteiger partial charge in [-0.25, -0.2) is 4.79 Å². The molecule has 3 fully saturated rings. The van der Waals surface area contributed by atoms with Crippen LogP contribution in [0.15, 0.2) is 127 Å². The van der Waals surface area contributed by atoms with Gasteiger partial charge in [0.05, 0.1) is 29.5 Å². The van der Waals surface area contributed by atoms with Crippen LogP contribution >= 0.6 is 34.2 Å². The molecule has 64 heavy (non-hydrogen) atoms. The molecule has 17 heteroatoms. The summed E-state index contributed by atoms with van der Waals surface area (Å²) < 4.78 is 42.4. The Balaban J connectivity index is 0.935. The Kier molecular flexibility index (Phi) is 14.8. The molecule has 3 saturated heterocycles. The Morgan fingerprint density at radius 3 is 2.11 bits per heavy atom. The Hall–Kier alpha value is -4.67. The van der Waals surface area contributed by atoms with Crippen LogP contribution in [0.4, 0.5) is 5.69 Å². The van der Waals surface area contributed by atoms with Crippen molar-refractivity contribution in [3.8, 4) is 0 Å². The van der Waals surface area contributed by atoms with Gasteiger partial charge in [0.1, 0.15) is 55.4 Å². The van der Waals surface area contributed by atoms with Crippen LogP contribution < -0.4 is 5.32 Å². The molecule has 1 amide bonds. The summed E-state index contributed by atoms with van der Waals surface area (Å²) in [6, 6.07) is 35.5. The van der Waals surface area contributed by atoms with Crippen LogP contribution in [0.5, 0.6) is 0 Å². The van der Waals surface area contributed by atoms with E-state index in [1.165, 1.54) is 12.1 Å². The van der Waals surface area contributed by atoms with Gasteiger partial charge in [-0.15, -0.1) is 0 Å². The topological polar surface area (TPSA) is 209 Å². The van der Waals surface area contributed by atoms with Crippen LogP contribution in [-0.4, -0.2) is 113 Å². The number of carbonyl (C=O) groups is 3. The van der Waals surface area contributed by atoms with Gasteiger partial charge in [-0.05, 0) is 70.6 Å². The number of aliphatic hydroxyl groups excluding tert-OH is 4. The highest BCUT2D eigenvalue weighted by molar-refractivity contribution is 14.1. The lowest BCUT2D eigenvalue weighted by Crippen LogP contribution is -2.66. The first-order valence-electron chi connectivity index (χ1n) is 20.3. The maximum atomic E-state index is 13.2. The van der Waals surface area contributed by atoms with Crippen molar-refractivity contribution in [1.82, 2.24) is 0 Å². The molecule has 0 saturated carbocycles. The lowest BCUT2D eigenvalue weighted by atomic mass is 9.96. The number of hydrogen-bond donors (Lipinski definition) is 5. The van der Waals surface area contributed by atoms with Crippen molar-refractivity contribution in [2.24, 2.45) is 0 Å². The zero-order valence-corrected chi connectivity index (χ0v) is 36.6. The predicted molar refractivity (Wildman–Crippen MR) is 236 cm³/mol. The number of nitrogens with one attached hydrogen (secondary N) is 1. The number of aliphatic hydroxyl groups is 4. The molecule has 15 nitrogen and oxygen atoms in total. The number of fused-ring (bicyclic) bond motifs is 1. The highest BCUT2D eigenvalue weighted by atomic mass is 127. The number of halogens is 2. The van der Waals surface area contributed by atoms with Gasteiger partial charge < -0.3 is 58.9 Å². The molecule has 5 N–H and O–H groups in total. The van der Waals surface area contributed by atoms with E-state index in [1.807, 2.05) is 24.3 Å². The minimum Gasteiger partial charge on any atom is -0.459 e. The summed E-state index contributed by atoms with van der Waals surface area (Å²) in [5.74, 6) is -1.38. The molecule has 1 unspecified atom stereocenters. The highest BCUT2D eigenvalue weighted by Gasteiger charge is 2.53. The maximum Gasteiger partial charge on any atom is 0.338 e. The van der Waals surface area contributed by atoms with Crippen molar-refractivity contribution < 1.29 is 68.0 Å². The first-order chi connectivity index (χ1) is 30.9. The lowest BCUT2D eigenvalue weighted by molar-refractivity contribution is -0.386. The summed E-state index contributed by atoms with van der Waals surface area (Å²) in [5.41, 5.74) is 2.90. The Labute approximate surface area is 385 Å². The summed E-state index contributed by atoms with van der Waals surface area (Å²) in [7, 11) is 0. The predicted octanol–water partition coefficient (Wildman–Crippen LogP) is 5.19. The number of ketones is 1. The van der Waals surface area contributed by atoms with E-state index in [0.717, 1.165) is 3.57 Å². The van der Waals surface area contributed by atoms with Crippen molar-refractivity contribution in [2.75, 3.05) is 18.5 Å². The van der Waals surface area contributed by atoms with E-state index >= 15 is 0 Å². The maximum absolute atomic E-state index is 13.2. The number of hydrogen-bond acceptors (Lipinski definition) is 14. The van der Waals surface area contributed by atoms with E-state index in [0.29, 0.717) is 22.3 Å². The van der Waals surface area contributed by atoms with E-state index in [1.54, 1.807) is 91.0 Å². The van der Waals surface area contributed by atoms with Crippen LogP contribution in [-0.2, 0) is 39.8 Å². The Bertz CT molecular complexity index is 2410. The van der Waals surface area contributed by atoms with Gasteiger partial charge >= 0.3 is 5.97 Å². The average molecular weight is 1010 g/mol. The Morgan fingerprint density at radius 2 is 1.38 bits per heavy atom. The van der Waals surface area contributed by atoms with Crippen LogP contribution in [0.1, 0.15) is 54.1 Å². The molecule has 5 aromatic rings. The van der Waals surface area contributed by atoms with Gasteiger partial charge in [-0.1, -0.05) is 96.5 Å². The standard InChI is InChI=1S/C47H43ClINO14/c48-32-19-14-25(20-33(32)50-43(56)28-17-15-27(16-18-28)36(51)26-8-3-1-4-9-26)22-59-46-39(54)37(52)42(34(61-46)23-58-44(57)30-12-7-13-31(49)21-30)64-47-40(55)38(53)41-35(62-47)24-60-45(63-41)29-10-5-2-6-11-29/h1-21,34-35,37-42,45-47,52-55H,22-24H2,(H,50,56)/t34-,35-,37-,38-,39-,40-,41-,42-,45?,46-,47-/m1/s1. The largest absolute Gasteiger partial charge is 0.459 e. The van der Waals surface area contributed by atoms with E-state index < -0.39 is 86.2 Å². The number of amides is 1. The fourth-order valence-electron chi connectivity index (χ4n) is 7.49. The molecular weight excluding hydrogens is 965 g/mol. The molecule has 3 aliphatic rings. The molecule has 334 valence electrons. The van der Waals surface area contributed by atoms with E-state index in [9.17, 15) is 34.8 Å². The molecule has 3 heterocycles. The van der Waals surface area contributed by atoms with Crippen LogP contribution in [0.3, 0.4) is 0 Å². The van der Waals surface area contributed by atoms with Gasteiger partial charge in [-0.3, -0.25) is 9.59 Å². The first kappa shape index (κ1) is 45.9. The molecule has 0 aromatic heterocycles. The van der Waals surface area contributed by atoms with Crippen molar-refractivity contribution >= 4 is 57.5 Å². The van der Waals surface area contributed by atoms with E-state index in [2.05, 4.69) is 27.9 Å². The third-order valence-corrected chi connectivity index (χ3v) is 11.9. The zero-order chi connectivity index (χ0) is 44.9. The molecule has 8 rings (SSSR count). The molecule has 11 atom stereocenters. The summed E-state index contributed by atoms with van der Waals surface area (Å²) in [6.07, 6.45) is -15.3. The number of rotatable bonds is 13. The number of anilines is 1. The summed E-state index contributed by atoms with van der Waals surface area (Å²) in [4.78, 5) is 39.2. The van der Waals surface area contributed by atoms with Gasteiger partial charge in [0.2, 0.25) is 0 Å². The molecule has 0 bridgehead atoms. The smallest absolute Gasteiger partial charge is 0.338 e. The number of esters is 1. The molecule has 0 aliphatic carbocycles. The fourth-order valence-corrected chi connectivity index (χ4v) is 8.19. The van der Waals surface area contributed by atoms with Gasteiger partial charge in [0, 0.05) is 25.8 Å². The normalized spacial score (nSPS) is 27.8. The van der Waals surface area contributed by atoms with Crippen LogP contribution in [0.25, 0.3) is 0 Å². The Morgan fingerprint density at radius 1 is 0.703 bits per heavy atom. The van der Waals surface area contributed by atoms with Crippen molar-refractivity contribution in [3.63, 3.8) is 0 Å². The van der Waals surface area contributed by atoms with Crippen molar-refractivity contribution in [2.45, 2.75) is 74.3 Å². The van der Waals surface area contributed by atoms with E-state index in [4.69, 9.17) is 44.8 Å². The number of ether oxygens (including phenoxy) is 7. The molecular formula is C47H43ClINO14. The minimum absolute atomic E-state index is 0.0341. The lowest BCUT2D eigenvalue weighted by Gasteiger charge is -2.48. The minimum atomic E-state index is -1.76. The molecule has 0 radical (unpaired) electrons. The second-order valence-electron chi connectivity index (χ2n) is 15.3.